The first-order valence-corrected chi connectivity index (χ1v) is 31.9. The van der Waals surface area contributed by atoms with Crippen LogP contribution in [0, 0.1) is 0 Å². The molecule has 0 aliphatic rings. The molecule has 0 bridgehead atoms. The molecule has 0 aliphatic carbocycles. The SMILES string of the molecule is CCCCC/C=C\C/C=C\CCCCCCCCCC(=O)OCCCCCCCC/C=C\C/C=C\CCC(=O)NC(CO)C(O)CCCCCCCCCCCCCCCCCCCCCCCCCCC. The fourth-order valence-corrected chi connectivity index (χ4v) is 9.72. The molecule has 6 heteroatoms. The number of aliphatic hydroxyl groups excluding tert-OH is 2. The van der Waals surface area contributed by atoms with Crippen LogP contribution in [0.15, 0.2) is 48.6 Å². The molecule has 0 aromatic carbocycles. The second kappa shape index (κ2) is 61.4. The lowest BCUT2D eigenvalue weighted by atomic mass is 10.0. The van der Waals surface area contributed by atoms with Crippen LogP contribution in [0.25, 0.3) is 0 Å². The lowest BCUT2D eigenvalue weighted by Crippen LogP contribution is -2.45. The van der Waals surface area contributed by atoms with Gasteiger partial charge in [-0.25, -0.2) is 0 Å². The summed E-state index contributed by atoms with van der Waals surface area (Å²) < 4.78 is 5.47. The quantitative estimate of drug-likeness (QED) is 0.0320. The third-order valence-electron chi connectivity index (χ3n) is 14.6. The second-order valence-electron chi connectivity index (χ2n) is 21.7. The van der Waals surface area contributed by atoms with Crippen LogP contribution in [0.1, 0.15) is 335 Å². The fourth-order valence-electron chi connectivity index (χ4n) is 9.72. The molecule has 0 aromatic rings. The van der Waals surface area contributed by atoms with Crippen molar-refractivity contribution < 1.29 is 24.5 Å². The highest BCUT2D eigenvalue weighted by atomic mass is 16.5. The van der Waals surface area contributed by atoms with Gasteiger partial charge >= 0.3 is 5.97 Å². The number of amides is 1. The van der Waals surface area contributed by atoms with Gasteiger partial charge in [-0.2, -0.15) is 0 Å². The van der Waals surface area contributed by atoms with E-state index in [9.17, 15) is 19.8 Å². The summed E-state index contributed by atoms with van der Waals surface area (Å²) in [6.45, 7) is 4.88. The molecule has 422 valence electrons. The minimum absolute atomic E-state index is 0.0243. The van der Waals surface area contributed by atoms with Crippen LogP contribution in [0.4, 0.5) is 0 Å². The topological polar surface area (TPSA) is 95.9 Å². The Hall–Kier alpha value is -2.18. The fraction of sp³-hybridized carbons (Fsp3) is 0.848. The van der Waals surface area contributed by atoms with E-state index in [4.69, 9.17) is 4.74 Å². The Morgan fingerprint density at radius 1 is 0.389 bits per heavy atom. The van der Waals surface area contributed by atoms with Crippen molar-refractivity contribution >= 4 is 11.9 Å². The molecule has 0 heterocycles. The number of unbranched alkanes of at least 4 members (excludes halogenated alkanes) is 40. The van der Waals surface area contributed by atoms with Gasteiger partial charge in [0, 0.05) is 12.8 Å². The molecule has 0 fully saturated rings. The van der Waals surface area contributed by atoms with E-state index in [1.165, 1.54) is 238 Å². The van der Waals surface area contributed by atoms with E-state index in [-0.39, 0.29) is 18.5 Å². The Morgan fingerprint density at radius 2 is 0.708 bits per heavy atom. The number of rotatable bonds is 59. The Morgan fingerprint density at radius 3 is 1.11 bits per heavy atom. The molecule has 0 saturated heterocycles. The summed E-state index contributed by atoms with van der Waals surface area (Å²) in [6.07, 6.45) is 78.5. The Kier molecular flexibility index (Phi) is 59.5. The van der Waals surface area contributed by atoms with Gasteiger partial charge in [0.15, 0.2) is 0 Å². The van der Waals surface area contributed by atoms with Crippen molar-refractivity contribution in [3.05, 3.63) is 48.6 Å². The summed E-state index contributed by atoms with van der Waals surface area (Å²) in [5.41, 5.74) is 0. The van der Waals surface area contributed by atoms with Gasteiger partial charge in [0.1, 0.15) is 0 Å². The van der Waals surface area contributed by atoms with E-state index >= 15 is 0 Å². The number of hydrogen-bond acceptors (Lipinski definition) is 5. The number of nitrogens with one attached hydrogen (secondary N) is 1. The van der Waals surface area contributed by atoms with E-state index in [1.54, 1.807) is 0 Å². The predicted molar refractivity (Wildman–Crippen MR) is 315 cm³/mol. The summed E-state index contributed by atoms with van der Waals surface area (Å²) in [4.78, 5) is 24.6. The van der Waals surface area contributed by atoms with E-state index < -0.39 is 12.1 Å². The van der Waals surface area contributed by atoms with E-state index in [0.717, 1.165) is 57.8 Å². The normalized spacial score (nSPS) is 12.9. The average Bonchev–Trinajstić information content (AvgIpc) is 3.38. The lowest BCUT2D eigenvalue weighted by molar-refractivity contribution is -0.143. The van der Waals surface area contributed by atoms with Gasteiger partial charge in [-0.3, -0.25) is 9.59 Å². The van der Waals surface area contributed by atoms with Gasteiger partial charge in [0.05, 0.1) is 25.4 Å². The van der Waals surface area contributed by atoms with Crippen LogP contribution < -0.4 is 5.32 Å². The van der Waals surface area contributed by atoms with Crippen LogP contribution >= 0.6 is 0 Å². The lowest BCUT2D eigenvalue weighted by Gasteiger charge is -2.22. The van der Waals surface area contributed by atoms with E-state index in [1.807, 2.05) is 6.08 Å². The molecule has 0 spiro atoms. The average molecular weight is 1010 g/mol. The number of ether oxygens (including phenoxy) is 1. The highest BCUT2D eigenvalue weighted by Gasteiger charge is 2.20. The van der Waals surface area contributed by atoms with Crippen LogP contribution in [0.3, 0.4) is 0 Å². The van der Waals surface area contributed by atoms with Crippen LogP contribution in [0.5, 0.6) is 0 Å². The monoisotopic (exact) mass is 1010 g/mol. The predicted octanol–water partition coefficient (Wildman–Crippen LogP) is 20.1. The van der Waals surface area contributed by atoms with Gasteiger partial charge in [0.2, 0.25) is 5.91 Å². The van der Waals surface area contributed by atoms with Crippen LogP contribution in [0.2, 0.25) is 0 Å². The number of carbonyl (C=O) groups excluding carboxylic acids is 2. The number of aliphatic hydroxyl groups is 2. The molecule has 2 unspecified atom stereocenters. The molecule has 0 aliphatic heterocycles. The highest BCUT2D eigenvalue weighted by molar-refractivity contribution is 5.76. The molecule has 2 atom stereocenters. The number of carbonyl (C=O) groups is 2. The molecule has 1 amide bonds. The molecule has 0 rings (SSSR count). The smallest absolute Gasteiger partial charge is 0.305 e. The first kappa shape index (κ1) is 69.8. The van der Waals surface area contributed by atoms with Gasteiger partial charge in [-0.1, -0.05) is 294 Å². The summed E-state index contributed by atoms with van der Waals surface area (Å²) in [6, 6.07) is -0.588. The van der Waals surface area contributed by atoms with Crippen molar-refractivity contribution in [3.63, 3.8) is 0 Å². The van der Waals surface area contributed by atoms with Gasteiger partial charge in [-0.15, -0.1) is 0 Å². The molecule has 0 aromatic heterocycles. The minimum atomic E-state index is -0.702. The van der Waals surface area contributed by atoms with Crippen molar-refractivity contribution in [2.24, 2.45) is 0 Å². The third-order valence-corrected chi connectivity index (χ3v) is 14.6. The maximum Gasteiger partial charge on any atom is 0.305 e. The minimum Gasteiger partial charge on any atom is -0.466 e. The second-order valence-corrected chi connectivity index (χ2v) is 21.7. The molecule has 0 saturated carbocycles. The molecular formula is C66H123NO5. The summed E-state index contributed by atoms with van der Waals surface area (Å²) >= 11 is 0. The first-order chi connectivity index (χ1) is 35.5. The number of esters is 1. The first-order valence-electron chi connectivity index (χ1n) is 31.9. The Bertz CT molecular complexity index is 1210. The molecule has 6 nitrogen and oxygen atoms in total. The van der Waals surface area contributed by atoms with E-state index in [2.05, 4.69) is 61.7 Å². The molecular weight excluding hydrogens is 887 g/mol. The standard InChI is InChI=1S/C66H123NO5/c1-3-5-7-9-11-13-15-17-19-21-22-23-24-25-26-27-28-30-31-34-38-42-46-50-54-58-64(69)63(62-68)67-65(70)59-55-51-47-43-39-35-33-37-41-45-49-53-57-61-72-66(71)60-56-52-48-44-40-36-32-29-20-18-16-14-12-10-8-6-4-2/h12,14,18,20,35,39,47,51,63-64,68-69H,3-11,13,15-17,19,21-34,36-38,40-46,48-50,52-62H2,1-2H3,(H,67,70)/b14-12-,20-18-,39-35-,51-47-. The summed E-state index contributed by atoms with van der Waals surface area (Å²) in [5.74, 6) is -0.138. The number of hydrogen-bond donors (Lipinski definition) is 3. The maximum absolute atomic E-state index is 12.5. The third kappa shape index (κ3) is 57.1. The summed E-state index contributed by atoms with van der Waals surface area (Å²) in [5, 5.41) is 23.3. The van der Waals surface area contributed by atoms with Crippen molar-refractivity contribution in [3.8, 4) is 0 Å². The van der Waals surface area contributed by atoms with Crippen molar-refractivity contribution in [1.82, 2.24) is 5.32 Å². The Balaban J connectivity index is 3.52. The zero-order valence-electron chi connectivity index (χ0n) is 48.2. The Labute approximate surface area is 448 Å². The maximum atomic E-state index is 12.5. The zero-order valence-corrected chi connectivity index (χ0v) is 48.2. The van der Waals surface area contributed by atoms with Gasteiger partial charge in [-0.05, 0) is 77.0 Å². The highest BCUT2D eigenvalue weighted by Crippen LogP contribution is 2.18. The zero-order chi connectivity index (χ0) is 52.2. The largest absolute Gasteiger partial charge is 0.466 e. The molecule has 0 radical (unpaired) electrons. The van der Waals surface area contributed by atoms with E-state index in [0.29, 0.717) is 32.3 Å². The van der Waals surface area contributed by atoms with Crippen molar-refractivity contribution in [2.45, 2.75) is 347 Å². The molecule has 3 N–H and O–H groups in total. The van der Waals surface area contributed by atoms with Crippen LogP contribution in [-0.2, 0) is 14.3 Å². The van der Waals surface area contributed by atoms with Gasteiger partial charge in [0.25, 0.3) is 0 Å². The number of allylic oxidation sites excluding steroid dienone is 8. The summed E-state index contributed by atoms with van der Waals surface area (Å²) in [7, 11) is 0. The van der Waals surface area contributed by atoms with Crippen molar-refractivity contribution in [1.29, 1.82) is 0 Å². The molecule has 72 heavy (non-hydrogen) atoms. The van der Waals surface area contributed by atoms with Crippen molar-refractivity contribution in [2.75, 3.05) is 13.2 Å². The van der Waals surface area contributed by atoms with Gasteiger partial charge < -0.3 is 20.3 Å². The van der Waals surface area contributed by atoms with Crippen LogP contribution in [-0.4, -0.2) is 47.4 Å².